The highest BCUT2D eigenvalue weighted by atomic mass is 32.1. The molecule has 1 aromatic heterocycles. The van der Waals surface area contributed by atoms with Gasteiger partial charge < -0.3 is 28.6 Å². The first-order valence-corrected chi connectivity index (χ1v) is 11.0. The van der Waals surface area contributed by atoms with E-state index in [0.717, 1.165) is 4.70 Å². The quantitative estimate of drug-likeness (QED) is 0.440. The fraction of sp³-hybridized carbons (Fsp3) is 0.391. The Labute approximate surface area is 197 Å². The molecule has 0 unspecified atom stereocenters. The maximum Gasteiger partial charge on any atom is 0.260 e. The Morgan fingerprint density at radius 3 is 1.94 bits per heavy atom. The second-order valence-electron chi connectivity index (χ2n) is 7.32. The minimum atomic E-state index is -0.243. The number of carbonyl (C=O) groups is 1. The van der Waals surface area contributed by atoms with Gasteiger partial charge in [-0.2, -0.15) is 0 Å². The van der Waals surface area contributed by atoms with Crippen LogP contribution in [0.4, 0.5) is 5.13 Å². The molecular formula is C23H29N3O6S. The minimum Gasteiger partial charge on any atom is -0.495 e. The molecule has 10 heteroatoms. The summed E-state index contributed by atoms with van der Waals surface area (Å²) in [5.41, 5.74) is 1.03. The molecule has 3 rings (SSSR count). The number of amides is 1. The number of methoxy groups -OCH3 is 5. The third-order valence-electron chi connectivity index (χ3n) is 5.06. The zero-order valence-electron chi connectivity index (χ0n) is 19.9. The number of likely N-dealkylation sites (N-methyl/N-ethyl adjacent to an activating group) is 1. The molecule has 9 nitrogen and oxygen atoms in total. The number of nitrogens with zero attached hydrogens (tertiary/aromatic N) is 3. The predicted octanol–water partition coefficient (Wildman–Crippen LogP) is 3.55. The lowest BCUT2D eigenvalue weighted by molar-refractivity contribution is 0.0984. The number of fused-ring (bicyclic) bond motifs is 1. The normalized spacial score (nSPS) is 10.9. The van der Waals surface area contributed by atoms with Crippen molar-refractivity contribution in [2.45, 2.75) is 0 Å². The third kappa shape index (κ3) is 4.91. The molecule has 1 amide bonds. The third-order valence-corrected chi connectivity index (χ3v) is 6.15. The summed E-state index contributed by atoms with van der Waals surface area (Å²) in [6.07, 6.45) is 0. The van der Waals surface area contributed by atoms with Gasteiger partial charge in [0.1, 0.15) is 21.7 Å². The van der Waals surface area contributed by atoms with Crippen LogP contribution in [0.15, 0.2) is 24.3 Å². The Hall–Kier alpha value is -3.24. The Balaban J connectivity index is 2.13. The highest BCUT2D eigenvalue weighted by Crippen LogP contribution is 2.42. The van der Waals surface area contributed by atoms with E-state index in [0.29, 0.717) is 58.0 Å². The molecule has 1 heterocycles. The summed E-state index contributed by atoms with van der Waals surface area (Å²) >= 11 is 1.37. The Morgan fingerprint density at radius 2 is 1.42 bits per heavy atom. The van der Waals surface area contributed by atoms with Crippen molar-refractivity contribution in [3.8, 4) is 28.7 Å². The Kier molecular flexibility index (Phi) is 7.83. The molecule has 0 atom stereocenters. The van der Waals surface area contributed by atoms with Crippen molar-refractivity contribution in [3.63, 3.8) is 0 Å². The standard InChI is InChI=1S/C23H29N3O6S/c1-25(2)10-11-26(22(27)14-12-17(30-5)20(32-7)18(13-14)31-6)23-24-19-15(28-3)8-9-16(29-4)21(19)33-23/h8-9,12-13H,10-11H2,1-7H3. The van der Waals surface area contributed by atoms with Gasteiger partial charge in [0.05, 0.1) is 35.5 Å². The summed E-state index contributed by atoms with van der Waals surface area (Å²) in [6.45, 7) is 1.06. The van der Waals surface area contributed by atoms with Gasteiger partial charge in [-0.15, -0.1) is 0 Å². The summed E-state index contributed by atoms with van der Waals surface area (Å²) in [6, 6.07) is 6.91. The second-order valence-corrected chi connectivity index (χ2v) is 8.30. The summed E-state index contributed by atoms with van der Waals surface area (Å²) < 4.78 is 28.0. The van der Waals surface area contributed by atoms with Crippen LogP contribution in [0.5, 0.6) is 28.7 Å². The number of hydrogen-bond donors (Lipinski definition) is 0. The van der Waals surface area contributed by atoms with Crippen LogP contribution in [0.1, 0.15) is 10.4 Å². The summed E-state index contributed by atoms with van der Waals surface area (Å²) in [4.78, 5) is 22.1. The van der Waals surface area contributed by atoms with E-state index in [9.17, 15) is 4.79 Å². The van der Waals surface area contributed by atoms with Gasteiger partial charge in [-0.25, -0.2) is 4.98 Å². The fourth-order valence-electron chi connectivity index (χ4n) is 3.33. The minimum absolute atomic E-state index is 0.243. The van der Waals surface area contributed by atoms with Crippen LogP contribution in [-0.4, -0.2) is 78.5 Å². The number of benzene rings is 2. The van der Waals surface area contributed by atoms with Gasteiger partial charge >= 0.3 is 0 Å². The van der Waals surface area contributed by atoms with Gasteiger partial charge in [0, 0.05) is 18.7 Å². The monoisotopic (exact) mass is 475 g/mol. The van der Waals surface area contributed by atoms with Gasteiger partial charge in [-0.05, 0) is 38.4 Å². The second kappa shape index (κ2) is 10.6. The van der Waals surface area contributed by atoms with Crippen LogP contribution in [0.2, 0.25) is 0 Å². The molecule has 3 aromatic rings. The zero-order valence-corrected chi connectivity index (χ0v) is 20.7. The Bertz CT molecular complexity index is 1060. The lowest BCUT2D eigenvalue weighted by atomic mass is 10.1. The molecule has 0 fully saturated rings. The van der Waals surface area contributed by atoms with Crippen molar-refractivity contribution in [3.05, 3.63) is 29.8 Å². The van der Waals surface area contributed by atoms with Crippen LogP contribution in [0.25, 0.3) is 10.2 Å². The highest BCUT2D eigenvalue weighted by Gasteiger charge is 2.26. The van der Waals surface area contributed by atoms with E-state index in [1.807, 2.05) is 25.1 Å². The molecule has 0 N–H and O–H groups in total. The van der Waals surface area contributed by atoms with Crippen molar-refractivity contribution in [1.29, 1.82) is 0 Å². The van der Waals surface area contributed by atoms with Crippen molar-refractivity contribution >= 4 is 32.6 Å². The molecule has 0 spiro atoms. The average molecular weight is 476 g/mol. The van der Waals surface area contributed by atoms with E-state index in [1.54, 1.807) is 37.3 Å². The molecule has 0 radical (unpaired) electrons. The first-order chi connectivity index (χ1) is 15.9. The fourth-order valence-corrected chi connectivity index (χ4v) is 4.43. The van der Waals surface area contributed by atoms with E-state index in [-0.39, 0.29) is 5.91 Å². The van der Waals surface area contributed by atoms with Crippen LogP contribution in [-0.2, 0) is 0 Å². The number of rotatable bonds is 10. The molecule has 0 aliphatic carbocycles. The number of thiazole rings is 1. The lowest BCUT2D eigenvalue weighted by Gasteiger charge is -2.23. The molecule has 0 aliphatic rings. The number of anilines is 1. The van der Waals surface area contributed by atoms with E-state index >= 15 is 0 Å². The SMILES string of the molecule is COc1cc(C(=O)N(CCN(C)C)c2nc3c(OC)ccc(OC)c3s2)cc(OC)c1OC. The number of hydrogen-bond acceptors (Lipinski definition) is 9. The van der Waals surface area contributed by atoms with Gasteiger partial charge in [-0.1, -0.05) is 11.3 Å². The van der Waals surface area contributed by atoms with Crippen molar-refractivity contribution in [2.75, 3.05) is 67.6 Å². The first-order valence-electron chi connectivity index (χ1n) is 10.2. The number of aromatic nitrogens is 1. The van der Waals surface area contributed by atoms with Crippen molar-refractivity contribution in [2.24, 2.45) is 0 Å². The van der Waals surface area contributed by atoms with Crippen molar-refractivity contribution in [1.82, 2.24) is 9.88 Å². The topological polar surface area (TPSA) is 82.6 Å². The molecule has 0 bridgehead atoms. The van der Waals surface area contributed by atoms with E-state index < -0.39 is 0 Å². The molecular weight excluding hydrogens is 446 g/mol. The Morgan fingerprint density at radius 1 is 0.848 bits per heavy atom. The van der Waals surface area contributed by atoms with Gasteiger partial charge in [0.2, 0.25) is 5.75 Å². The van der Waals surface area contributed by atoms with Crippen LogP contribution >= 0.6 is 11.3 Å². The molecule has 2 aromatic carbocycles. The maximum atomic E-state index is 13.7. The maximum absolute atomic E-state index is 13.7. The van der Waals surface area contributed by atoms with Gasteiger partial charge in [0.25, 0.3) is 5.91 Å². The number of carbonyl (C=O) groups excluding carboxylic acids is 1. The zero-order chi connectivity index (χ0) is 24.1. The smallest absolute Gasteiger partial charge is 0.260 e. The first kappa shape index (κ1) is 24.4. The highest BCUT2D eigenvalue weighted by molar-refractivity contribution is 7.22. The number of ether oxygens (including phenoxy) is 5. The van der Waals surface area contributed by atoms with Gasteiger partial charge in [-0.3, -0.25) is 9.69 Å². The summed E-state index contributed by atoms with van der Waals surface area (Å²) in [7, 11) is 11.6. The average Bonchev–Trinajstić information content (AvgIpc) is 3.27. The molecule has 33 heavy (non-hydrogen) atoms. The lowest BCUT2D eigenvalue weighted by Crippen LogP contribution is -2.36. The largest absolute Gasteiger partial charge is 0.495 e. The van der Waals surface area contributed by atoms with Crippen molar-refractivity contribution < 1.29 is 28.5 Å². The van der Waals surface area contributed by atoms with Crippen LogP contribution in [0.3, 0.4) is 0 Å². The molecule has 0 saturated heterocycles. The molecule has 178 valence electrons. The van der Waals surface area contributed by atoms with E-state index in [4.69, 9.17) is 28.7 Å². The van der Waals surface area contributed by atoms with Crippen LogP contribution < -0.4 is 28.6 Å². The van der Waals surface area contributed by atoms with E-state index in [2.05, 4.69) is 0 Å². The van der Waals surface area contributed by atoms with E-state index in [1.165, 1.54) is 32.7 Å². The summed E-state index contributed by atoms with van der Waals surface area (Å²) in [5.74, 6) is 2.27. The molecule has 0 aliphatic heterocycles. The van der Waals surface area contributed by atoms with Crippen LogP contribution in [0, 0.1) is 0 Å². The predicted molar refractivity (Wildman–Crippen MR) is 129 cm³/mol. The molecule has 0 saturated carbocycles. The van der Waals surface area contributed by atoms with Gasteiger partial charge in [0.15, 0.2) is 16.6 Å². The summed E-state index contributed by atoms with van der Waals surface area (Å²) in [5, 5.41) is 0.536.